The molecule has 1 aliphatic heterocycles. The van der Waals surface area contributed by atoms with E-state index >= 15 is 0 Å². The second-order valence-electron chi connectivity index (χ2n) is 5.90. The van der Waals surface area contributed by atoms with Crippen LogP contribution in [0.15, 0.2) is 24.5 Å². The first-order valence-corrected chi connectivity index (χ1v) is 8.49. The third kappa shape index (κ3) is 2.27. The number of fused-ring (bicyclic) bond motifs is 1. The molecule has 1 fully saturated rings. The van der Waals surface area contributed by atoms with E-state index in [-0.39, 0.29) is 0 Å². The second-order valence-corrected chi connectivity index (χ2v) is 6.88. The van der Waals surface area contributed by atoms with E-state index in [0.717, 1.165) is 29.6 Å². The number of pyridine rings is 1. The summed E-state index contributed by atoms with van der Waals surface area (Å²) in [5.74, 6) is 0.650. The first kappa shape index (κ1) is 13.7. The molecule has 5 nitrogen and oxygen atoms in total. The smallest absolute Gasteiger partial charge is 0.188 e. The van der Waals surface area contributed by atoms with E-state index in [2.05, 4.69) is 34.0 Å². The van der Waals surface area contributed by atoms with Crippen LogP contribution in [0.3, 0.4) is 0 Å². The molecule has 114 valence electrons. The number of hydrogen-bond donors (Lipinski definition) is 0. The lowest BCUT2D eigenvalue weighted by atomic mass is 9.90. The van der Waals surface area contributed by atoms with Gasteiger partial charge in [0, 0.05) is 32.5 Å². The zero-order chi connectivity index (χ0) is 15.1. The van der Waals surface area contributed by atoms with Crippen LogP contribution in [-0.4, -0.2) is 32.8 Å². The van der Waals surface area contributed by atoms with Crippen LogP contribution in [0.25, 0.3) is 10.3 Å². The lowest BCUT2D eigenvalue weighted by molar-refractivity contribution is 0.504. The van der Waals surface area contributed by atoms with Crippen LogP contribution in [0.5, 0.6) is 0 Å². The molecular weight excluding hydrogens is 294 g/mol. The van der Waals surface area contributed by atoms with Gasteiger partial charge in [0.15, 0.2) is 10.8 Å². The van der Waals surface area contributed by atoms with Crippen molar-refractivity contribution in [2.75, 3.05) is 18.0 Å². The Morgan fingerprint density at radius 2 is 1.91 bits per heavy atom. The van der Waals surface area contributed by atoms with Gasteiger partial charge in [0.25, 0.3) is 0 Å². The Morgan fingerprint density at radius 1 is 1.18 bits per heavy atom. The molecule has 0 saturated carbocycles. The predicted octanol–water partition coefficient (Wildman–Crippen LogP) is 3.12. The van der Waals surface area contributed by atoms with Crippen molar-refractivity contribution in [3.05, 3.63) is 35.8 Å². The summed E-state index contributed by atoms with van der Waals surface area (Å²) in [6, 6.07) is 4.29. The van der Waals surface area contributed by atoms with Gasteiger partial charge in [0.05, 0.1) is 10.4 Å². The van der Waals surface area contributed by atoms with Crippen LogP contribution in [0.2, 0.25) is 0 Å². The topological polar surface area (TPSA) is 46.8 Å². The second kappa shape index (κ2) is 5.35. The van der Waals surface area contributed by atoms with Gasteiger partial charge in [-0.3, -0.25) is 4.98 Å². The number of aromatic nitrogens is 4. The fourth-order valence-corrected chi connectivity index (χ4v) is 4.33. The number of anilines is 1. The highest BCUT2D eigenvalue weighted by atomic mass is 32.1. The minimum Gasteiger partial charge on any atom is -0.348 e. The minimum absolute atomic E-state index is 0.650. The standard InChI is InChI=1S/C16H19N5S/c1-11-14-15(20(2)19-11)18-16(22-14)21-9-5-13(6-10-21)12-3-7-17-8-4-12/h3-4,7-8,13H,5-6,9-10H2,1-2H3. The molecule has 0 spiro atoms. The predicted molar refractivity (Wildman–Crippen MR) is 89.5 cm³/mol. The van der Waals surface area contributed by atoms with Crippen molar-refractivity contribution in [1.82, 2.24) is 19.7 Å². The van der Waals surface area contributed by atoms with E-state index in [1.807, 2.05) is 24.1 Å². The fraction of sp³-hybridized carbons (Fsp3) is 0.438. The number of aryl methyl sites for hydroxylation is 2. The Hall–Kier alpha value is -1.95. The van der Waals surface area contributed by atoms with E-state index in [1.54, 1.807) is 11.3 Å². The van der Waals surface area contributed by atoms with Crippen LogP contribution < -0.4 is 4.90 Å². The van der Waals surface area contributed by atoms with Gasteiger partial charge in [-0.05, 0) is 43.4 Å². The zero-order valence-electron chi connectivity index (χ0n) is 12.9. The molecule has 6 heteroatoms. The van der Waals surface area contributed by atoms with Crippen LogP contribution in [0, 0.1) is 6.92 Å². The Morgan fingerprint density at radius 3 is 2.59 bits per heavy atom. The number of hydrogen-bond acceptors (Lipinski definition) is 5. The number of rotatable bonds is 2. The molecular formula is C16H19N5S. The van der Waals surface area contributed by atoms with Crippen molar-refractivity contribution in [1.29, 1.82) is 0 Å². The SMILES string of the molecule is Cc1nn(C)c2nc(N3CCC(c4ccncc4)CC3)sc12. The first-order valence-electron chi connectivity index (χ1n) is 7.67. The van der Waals surface area contributed by atoms with Crippen molar-refractivity contribution in [2.24, 2.45) is 7.05 Å². The van der Waals surface area contributed by atoms with E-state index < -0.39 is 0 Å². The van der Waals surface area contributed by atoms with Crippen molar-refractivity contribution in [3.8, 4) is 0 Å². The van der Waals surface area contributed by atoms with E-state index in [0.29, 0.717) is 5.92 Å². The molecule has 0 unspecified atom stereocenters. The molecule has 0 atom stereocenters. The fourth-order valence-electron chi connectivity index (χ4n) is 3.25. The number of nitrogens with zero attached hydrogens (tertiary/aromatic N) is 5. The molecule has 3 aromatic rings. The van der Waals surface area contributed by atoms with E-state index in [1.165, 1.54) is 23.1 Å². The maximum atomic E-state index is 4.79. The number of thiazole rings is 1. The molecule has 0 radical (unpaired) electrons. The summed E-state index contributed by atoms with van der Waals surface area (Å²) in [5, 5.41) is 5.57. The van der Waals surface area contributed by atoms with E-state index in [9.17, 15) is 0 Å². The van der Waals surface area contributed by atoms with Gasteiger partial charge >= 0.3 is 0 Å². The van der Waals surface area contributed by atoms with Crippen molar-refractivity contribution >= 4 is 26.8 Å². The van der Waals surface area contributed by atoms with Gasteiger partial charge < -0.3 is 4.90 Å². The minimum atomic E-state index is 0.650. The Balaban J connectivity index is 1.52. The molecule has 22 heavy (non-hydrogen) atoms. The summed E-state index contributed by atoms with van der Waals surface area (Å²) in [4.78, 5) is 11.3. The lowest BCUT2D eigenvalue weighted by Crippen LogP contribution is -2.32. The average Bonchev–Trinajstić information content (AvgIpc) is 3.11. The molecule has 1 saturated heterocycles. The van der Waals surface area contributed by atoms with Crippen molar-refractivity contribution in [3.63, 3.8) is 0 Å². The molecule has 0 aliphatic carbocycles. The Bertz CT molecular complexity index is 749. The summed E-state index contributed by atoms with van der Waals surface area (Å²) in [7, 11) is 1.97. The summed E-state index contributed by atoms with van der Waals surface area (Å²) < 4.78 is 3.10. The number of piperidine rings is 1. The Kier molecular flexibility index (Phi) is 3.33. The highest BCUT2D eigenvalue weighted by Gasteiger charge is 2.23. The molecule has 0 aromatic carbocycles. The van der Waals surface area contributed by atoms with Crippen molar-refractivity contribution in [2.45, 2.75) is 25.7 Å². The normalized spacial score (nSPS) is 16.5. The maximum Gasteiger partial charge on any atom is 0.188 e. The molecule has 1 aliphatic rings. The largest absolute Gasteiger partial charge is 0.348 e. The lowest BCUT2D eigenvalue weighted by Gasteiger charge is -2.31. The van der Waals surface area contributed by atoms with Gasteiger partial charge in [-0.2, -0.15) is 5.10 Å². The highest BCUT2D eigenvalue weighted by Crippen LogP contribution is 2.35. The van der Waals surface area contributed by atoms with Gasteiger partial charge in [-0.25, -0.2) is 9.67 Å². The summed E-state index contributed by atoms with van der Waals surface area (Å²) in [5.41, 5.74) is 3.50. The average molecular weight is 313 g/mol. The van der Waals surface area contributed by atoms with Crippen LogP contribution in [0.1, 0.15) is 30.0 Å². The molecule has 0 amide bonds. The molecule has 4 rings (SSSR count). The first-order chi connectivity index (χ1) is 10.7. The van der Waals surface area contributed by atoms with Crippen LogP contribution in [0.4, 0.5) is 5.13 Å². The molecule has 4 heterocycles. The van der Waals surface area contributed by atoms with Gasteiger partial charge in [0.1, 0.15) is 0 Å². The summed E-state index contributed by atoms with van der Waals surface area (Å²) in [6.45, 7) is 4.19. The van der Waals surface area contributed by atoms with Crippen LogP contribution >= 0.6 is 11.3 Å². The van der Waals surface area contributed by atoms with Gasteiger partial charge in [0.2, 0.25) is 0 Å². The molecule has 0 bridgehead atoms. The monoisotopic (exact) mass is 313 g/mol. The third-order valence-corrected chi connectivity index (χ3v) is 5.69. The molecule has 0 N–H and O–H groups in total. The van der Waals surface area contributed by atoms with Crippen LogP contribution in [-0.2, 0) is 7.05 Å². The summed E-state index contributed by atoms with van der Waals surface area (Å²) >= 11 is 1.77. The summed E-state index contributed by atoms with van der Waals surface area (Å²) in [6.07, 6.45) is 6.14. The third-order valence-electron chi connectivity index (χ3n) is 4.48. The zero-order valence-corrected chi connectivity index (χ0v) is 13.7. The van der Waals surface area contributed by atoms with Crippen molar-refractivity contribution < 1.29 is 0 Å². The maximum absolute atomic E-state index is 4.79. The van der Waals surface area contributed by atoms with Gasteiger partial charge in [-0.1, -0.05) is 11.3 Å². The highest BCUT2D eigenvalue weighted by molar-refractivity contribution is 7.22. The Labute approximate surface area is 133 Å². The molecule has 3 aromatic heterocycles. The quantitative estimate of drug-likeness (QED) is 0.729. The van der Waals surface area contributed by atoms with Gasteiger partial charge in [-0.15, -0.1) is 0 Å². The van der Waals surface area contributed by atoms with E-state index in [4.69, 9.17) is 4.98 Å².